The van der Waals surface area contributed by atoms with Gasteiger partial charge in [-0.3, -0.25) is 14.4 Å². The highest BCUT2D eigenvalue weighted by Gasteiger charge is 2.48. The Bertz CT molecular complexity index is 1810. The number of nitrogens with one attached hydrogen (secondary N) is 1. The maximum Gasteiger partial charge on any atom is 0.397 e. The molecule has 8 nitrogen and oxygen atoms in total. The lowest BCUT2D eigenvalue weighted by Gasteiger charge is -2.39. The molecule has 1 unspecified atom stereocenters. The number of alkyl halides is 3. The van der Waals surface area contributed by atoms with Gasteiger partial charge in [-0.05, 0) is 92.5 Å². The largest absolute Gasteiger partial charge is 0.481 e. The normalized spacial score (nSPS) is 21.5. The summed E-state index contributed by atoms with van der Waals surface area (Å²) in [7, 11) is 0. The SMILES string of the molecule is CCCC1CCC(C2CC=C(c3cnc(-c4ccc(C[C@H](NC(=O)c5ccc(C(C)(C)C(F)(F)F)cc5)C(=O)N5CC(C(=O)O)C5)cc4)nc3)CC2)CC1. The van der Waals surface area contributed by atoms with Crippen molar-refractivity contribution in [1.29, 1.82) is 0 Å². The van der Waals surface area contributed by atoms with Gasteiger partial charge in [0.25, 0.3) is 5.91 Å². The number of halogens is 3. The number of benzene rings is 2. The maximum atomic E-state index is 13.6. The molecule has 2 N–H and O–H groups in total. The minimum Gasteiger partial charge on any atom is -0.481 e. The standard InChI is InChI=1S/C43H51F3N4O4/c1-4-5-27-6-10-29(11-7-27)30-14-16-31(17-15-30)34-23-47-38(48-24-34)32-12-8-28(9-13-32)22-37(40(52)50-25-35(26-50)41(53)54)49-39(51)33-18-20-36(21-19-33)42(2,3)43(44,45)46/h8-9,12-13,16,18-21,23-24,27,29-30,35,37H,4-7,10-11,14-15,17,22,25-26H2,1-3H3,(H,49,51)(H,53,54)/t27?,29?,30?,37-/m0/s1. The van der Waals surface area contributed by atoms with Gasteiger partial charge in [-0.15, -0.1) is 0 Å². The van der Waals surface area contributed by atoms with Crippen LogP contribution in [0.5, 0.6) is 0 Å². The topological polar surface area (TPSA) is 112 Å². The summed E-state index contributed by atoms with van der Waals surface area (Å²) in [6, 6.07) is 11.5. The Labute approximate surface area is 315 Å². The third kappa shape index (κ3) is 8.87. The number of allylic oxidation sites excluding steroid dienone is 2. The number of nitrogens with zero attached hydrogens (tertiary/aromatic N) is 3. The van der Waals surface area contributed by atoms with Gasteiger partial charge in [0.2, 0.25) is 5.91 Å². The molecule has 2 aromatic carbocycles. The van der Waals surface area contributed by atoms with Crippen LogP contribution in [0.25, 0.3) is 17.0 Å². The number of amides is 2. The van der Waals surface area contributed by atoms with E-state index >= 15 is 0 Å². The van der Waals surface area contributed by atoms with Gasteiger partial charge in [0.1, 0.15) is 6.04 Å². The van der Waals surface area contributed by atoms with E-state index in [1.807, 2.05) is 36.7 Å². The van der Waals surface area contributed by atoms with Gasteiger partial charge in [-0.25, -0.2) is 9.97 Å². The summed E-state index contributed by atoms with van der Waals surface area (Å²) in [5.41, 5.74) is 1.89. The zero-order valence-corrected chi connectivity index (χ0v) is 31.4. The van der Waals surface area contributed by atoms with Gasteiger partial charge >= 0.3 is 12.1 Å². The van der Waals surface area contributed by atoms with Crippen LogP contribution in [0.2, 0.25) is 0 Å². The van der Waals surface area contributed by atoms with Crippen LogP contribution < -0.4 is 5.32 Å². The van der Waals surface area contributed by atoms with Crippen molar-refractivity contribution in [1.82, 2.24) is 20.2 Å². The highest BCUT2D eigenvalue weighted by Crippen LogP contribution is 2.42. The summed E-state index contributed by atoms with van der Waals surface area (Å²) in [5, 5.41) is 12.1. The van der Waals surface area contributed by atoms with Gasteiger partial charge in [0.05, 0.1) is 11.3 Å². The Morgan fingerprint density at radius 2 is 1.54 bits per heavy atom. The van der Waals surface area contributed by atoms with Crippen LogP contribution >= 0.6 is 0 Å². The van der Waals surface area contributed by atoms with Crippen molar-refractivity contribution in [3.8, 4) is 11.4 Å². The molecule has 3 aliphatic rings. The van der Waals surface area contributed by atoms with Crippen LogP contribution in [-0.4, -0.2) is 63.1 Å². The molecule has 0 spiro atoms. The molecule has 1 aliphatic heterocycles. The highest BCUT2D eigenvalue weighted by molar-refractivity contribution is 5.98. The summed E-state index contributed by atoms with van der Waals surface area (Å²) in [5.74, 6) is 0.402. The average Bonchev–Trinajstić information content (AvgIpc) is 3.14. The van der Waals surface area contributed by atoms with E-state index in [-0.39, 0.29) is 30.6 Å². The molecule has 2 amide bonds. The zero-order valence-electron chi connectivity index (χ0n) is 31.4. The van der Waals surface area contributed by atoms with Crippen LogP contribution in [0.1, 0.15) is 106 Å². The number of likely N-dealkylation sites (tertiary alicyclic amines) is 1. The molecule has 6 rings (SSSR count). The lowest BCUT2D eigenvalue weighted by Crippen LogP contribution is -2.59. The molecule has 3 aromatic rings. The summed E-state index contributed by atoms with van der Waals surface area (Å²) >= 11 is 0. The second-order valence-corrected chi connectivity index (χ2v) is 16.0. The van der Waals surface area contributed by atoms with E-state index in [0.717, 1.165) is 61.1 Å². The number of carboxylic acid groups (broad SMARTS) is 1. The van der Waals surface area contributed by atoms with Crippen molar-refractivity contribution in [2.24, 2.45) is 23.7 Å². The molecule has 0 radical (unpaired) electrons. The van der Waals surface area contributed by atoms with Gasteiger partial charge < -0.3 is 15.3 Å². The second kappa shape index (κ2) is 16.4. The second-order valence-electron chi connectivity index (χ2n) is 16.0. The highest BCUT2D eigenvalue weighted by atomic mass is 19.4. The fourth-order valence-electron chi connectivity index (χ4n) is 8.25. The molecule has 54 heavy (non-hydrogen) atoms. The van der Waals surface area contributed by atoms with Gasteiger partial charge in [-0.2, -0.15) is 13.2 Å². The third-order valence-electron chi connectivity index (χ3n) is 12.1. The summed E-state index contributed by atoms with van der Waals surface area (Å²) in [6.45, 7) is 4.50. The quantitative estimate of drug-likeness (QED) is 0.192. The molecule has 1 saturated heterocycles. The third-order valence-corrected chi connectivity index (χ3v) is 12.1. The number of aromatic nitrogens is 2. The lowest BCUT2D eigenvalue weighted by atomic mass is 9.70. The van der Waals surface area contributed by atoms with E-state index in [4.69, 9.17) is 0 Å². The van der Waals surface area contributed by atoms with Crippen molar-refractivity contribution in [2.75, 3.05) is 13.1 Å². The molecule has 1 saturated carbocycles. The van der Waals surface area contributed by atoms with E-state index in [2.05, 4.69) is 28.3 Å². The molecule has 11 heteroatoms. The Hall–Kier alpha value is -4.54. The Morgan fingerprint density at radius 3 is 2.09 bits per heavy atom. The van der Waals surface area contributed by atoms with E-state index < -0.39 is 41.3 Å². The first-order valence-electron chi connectivity index (χ1n) is 19.3. The minimum absolute atomic E-state index is 0.00706. The summed E-state index contributed by atoms with van der Waals surface area (Å²) in [4.78, 5) is 48.9. The lowest BCUT2D eigenvalue weighted by molar-refractivity contribution is -0.180. The molecular weight excluding hydrogens is 693 g/mol. The maximum absolute atomic E-state index is 13.6. The average molecular weight is 745 g/mol. The van der Waals surface area contributed by atoms with Gasteiger partial charge in [0.15, 0.2) is 5.82 Å². The monoisotopic (exact) mass is 744 g/mol. The molecule has 1 aromatic heterocycles. The van der Waals surface area contributed by atoms with Crippen molar-refractivity contribution in [3.63, 3.8) is 0 Å². The van der Waals surface area contributed by atoms with Crippen molar-refractivity contribution in [3.05, 3.63) is 89.3 Å². The molecular formula is C43H51F3N4O4. The molecule has 2 heterocycles. The molecule has 2 aliphatic carbocycles. The van der Waals surface area contributed by atoms with Gasteiger partial charge in [0, 0.05) is 48.6 Å². The Balaban J connectivity index is 1.09. The van der Waals surface area contributed by atoms with Crippen molar-refractivity contribution < 1.29 is 32.7 Å². The number of rotatable bonds is 12. The van der Waals surface area contributed by atoms with Crippen molar-refractivity contribution in [2.45, 2.75) is 103 Å². The predicted octanol–water partition coefficient (Wildman–Crippen LogP) is 8.66. The predicted molar refractivity (Wildman–Crippen MR) is 201 cm³/mol. The van der Waals surface area contributed by atoms with Crippen LogP contribution in [0.3, 0.4) is 0 Å². The minimum atomic E-state index is -4.48. The van der Waals surface area contributed by atoms with Crippen molar-refractivity contribution >= 4 is 23.4 Å². The van der Waals surface area contributed by atoms with Crippen LogP contribution in [0.4, 0.5) is 13.2 Å². The number of carboxylic acids is 1. The number of carbonyl (C=O) groups excluding carboxylic acids is 2. The number of aliphatic carboxylic acids is 1. The molecule has 288 valence electrons. The molecule has 2 fully saturated rings. The smallest absolute Gasteiger partial charge is 0.397 e. The Morgan fingerprint density at radius 1 is 0.889 bits per heavy atom. The molecule has 2 atom stereocenters. The van der Waals surface area contributed by atoms with Crippen LogP contribution in [0.15, 0.2) is 67.0 Å². The summed E-state index contributed by atoms with van der Waals surface area (Å²) in [6.07, 6.45) is 13.4. The van der Waals surface area contributed by atoms with E-state index in [1.165, 1.54) is 79.7 Å². The van der Waals surface area contributed by atoms with E-state index in [9.17, 15) is 32.7 Å². The van der Waals surface area contributed by atoms with Crippen LogP contribution in [0, 0.1) is 23.7 Å². The first-order chi connectivity index (χ1) is 25.7. The fourth-order valence-corrected chi connectivity index (χ4v) is 8.25. The number of hydrogen-bond acceptors (Lipinski definition) is 5. The van der Waals surface area contributed by atoms with Crippen LogP contribution in [-0.2, 0) is 21.4 Å². The first-order valence-corrected chi connectivity index (χ1v) is 19.3. The fraction of sp³-hybridized carbons (Fsp3) is 0.512. The molecule has 0 bridgehead atoms. The zero-order chi connectivity index (χ0) is 38.6. The number of carbonyl (C=O) groups is 3. The Kier molecular flexibility index (Phi) is 11.9. The van der Waals surface area contributed by atoms with E-state index in [1.54, 1.807) is 0 Å². The number of hydrogen-bond donors (Lipinski definition) is 2. The van der Waals surface area contributed by atoms with E-state index in [0.29, 0.717) is 5.82 Å². The van der Waals surface area contributed by atoms with Gasteiger partial charge in [-0.1, -0.05) is 75.1 Å². The summed E-state index contributed by atoms with van der Waals surface area (Å²) < 4.78 is 40.7. The first kappa shape index (κ1) is 39.2.